The van der Waals surface area contributed by atoms with Crippen LogP contribution in [0.3, 0.4) is 0 Å². The van der Waals surface area contributed by atoms with Gasteiger partial charge >= 0.3 is 11.9 Å². The molecule has 13 heteroatoms. The van der Waals surface area contributed by atoms with E-state index in [4.69, 9.17) is 5.73 Å². The third kappa shape index (κ3) is 8.87. The van der Waals surface area contributed by atoms with E-state index in [1.165, 1.54) is 23.5 Å². The molecule has 1 aliphatic rings. The Morgan fingerprint density at radius 3 is 2.16 bits per heavy atom. The number of carboxylic acids is 2. The lowest BCUT2D eigenvalue weighted by molar-refractivity contribution is -0.150. The van der Waals surface area contributed by atoms with Gasteiger partial charge < -0.3 is 31.5 Å². The standard InChI is InChI=1S/C19H32N4O7S2/c1-31-8-5-11(20)16(26)21-12(6-9-32-2)17(27)22-13(10-15(24)25)18(28)23-7-3-4-14(23)19(29)30/h11-14H,3-10,20H2,1-2H3,(H,21,26)(H,22,27)(H,24,25)(H,29,30). The lowest BCUT2D eigenvalue weighted by atomic mass is 10.1. The molecule has 32 heavy (non-hydrogen) atoms. The topological polar surface area (TPSA) is 179 Å². The zero-order valence-corrected chi connectivity index (χ0v) is 19.9. The summed E-state index contributed by atoms with van der Waals surface area (Å²) in [5.41, 5.74) is 5.87. The van der Waals surface area contributed by atoms with Crippen molar-refractivity contribution in [2.24, 2.45) is 5.73 Å². The molecule has 1 fully saturated rings. The number of carboxylic acid groups (broad SMARTS) is 2. The van der Waals surface area contributed by atoms with E-state index in [-0.39, 0.29) is 19.4 Å². The maximum atomic E-state index is 12.9. The van der Waals surface area contributed by atoms with E-state index in [9.17, 15) is 34.2 Å². The average molecular weight is 493 g/mol. The maximum Gasteiger partial charge on any atom is 0.326 e. The number of likely N-dealkylation sites (tertiary alicyclic amines) is 1. The van der Waals surface area contributed by atoms with Gasteiger partial charge in [0.25, 0.3) is 0 Å². The van der Waals surface area contributed by atoms with E-state index in [2.05, 4.69) is 10.6 Å². The van der Waals surface area contributed by atoms with Crippen molar-refractivity contribution < 1.29 is 34.2 Å². The van der Waals surface area contributed by atoms with Crippen molar-refractivity contribution in [2.45, 2.75) is 56.3 Å². The molecule has 182 valence electrons. The number of nitrogens with zero attached hydrogens (tertiary/aromatic N) is 1. The Balaban J connectivity index is 2.94. The maximum absolute atomic E-state index is 12.9. The third-order valence-corrected chi connectivity index (χ3v) is 6.32. The van der Waals surface area contributed by atoms with Gasteiger partial charge in [0.2, 0.25) is 17.7 Å². The SMILES string of the molecule is CSCCC(N)C(=O)NC(CCSC)C(=O)NC(CC(=O)O)C(=O)N1CCCC1C(=O)O. The third-order valence-electron chi connectivity index (χ3n) is 5.03. The summed E-state index contributed by atoms with van der Waals surface area (Å²) in [5.74, 6) is -3.28. The van der Waals surface area contributed by atoms with Crippen LogP contribution < -0.4 is 16.4 Å². The number of aliphatic carboxylic acids is 2. The van der Waals surface area contributed by atoms with Crippen LogP contribution in [-0.4, -0.2) is 99.5 Å². The molecule has 4 unspecified atom stereocenters. The summed E-state index contributed by atoms with van der Waals surface area (Å²) >= 11 is 2.99. The van der Waals surface area contributed by atoms with Crippen LogP contribution in [0.2, 0.25) is 0 Å². The van der Waals surface area contributed by atoms with Gasteiger partial charge in [0.05, 0.1) is 12.5 Å². The molecular formula is C19H32N4O7S2. The van der Waals surface area contributed by atoms with Gasteiger partial charge in [-0.3, -0.25) is 19.2 Å². The lowest BCUT2D eigenvalue weighted by Gasteiger charge is -2.28. The summed E-state index contributed by atoms with van der Waals surface area (Å²) in [6.07, 6.45) is 4.42. The van der Waals surface area contributed by atoms with Crippen molar-refractivity contribution in [3.05, 3.63) is 0 Å². The largest absolute Gasteiger partial charge is 0.481 e. The van der Waals surface area contributed by atoms with E-state index in [0.717, 1.165) is 4.90 Å². The Kier molecular flexibility index (Phi) is 12.5. The highest BCUT2D eigenvalue weighted by Crippen LogP contribution is 2.19. The number of carbonyl (C=O) groups is 5. The molecule has 0 aromatic rings. The number of hydrogen-bond acceptors (Lipinski definition) is 8. The predicted octanol–water partition coefficient (Wildman–Crippen LogP) is -0.660. The fraction of sp³-hybridized carbons (Fsp3) is 0.737. The highest BCUT2D eigenvalue weighted by atomic mass is 32.2. The smallest absolute Gasteiger partial charge is 0.326 e. The summed E-state index contributed by atoms with van der Waals surface area (Å²) in [7, 11) is 0. The second kappa shape index (κ2) is 14.2. The summed E-state index contributed by atoms with van der Waals surface area (Å²) in [4.78, 5) is 62.0. The minimum absolute atomic E-state index is 0.165. The van der Waals surface area contributed by atoms with Crippen molar-refractivity contribution in [2.75, 3.05) is 30.6 Å². The number of hydrogen-bond donors (Lipinski definition) is 5. The van der Waals surface area contributed by atoms with Crippen LogP contribution in [-0.2, 0) is 24.0 Å². The Morgan fingerprint density at radius 1 is 1.00 bits per heavy atom. The molecule has 1 rings (SSSR count). The highest BCUT2D eigenvalue weighted by molar-refractivity contribution is 7.98. The molecule has 1 aliphatic heterocycles. The minimum Gasteiger partial charge on any atom is -0.481 e. The number of nitrogens with two attached hydrogens (primary N) is 1. The molecule has 6 N–H and O–H groups in total. The fourth-order valence-corrected chi connectivity index (χ4v) is 4.25. The molecule has 0 aromatic carbocycles. The first-order chi connectivity index (χ1) is 15.1. The number of nitrogens with one attached hydrogen (secondary N) is 2. The minimum atomic E-state index is -1.45. The molecule has 0 spiro atoms. The first kappa shape index (κ1) is 28.0. The van der Waals surface area contributed by atoms with Gasteiger partial charge in [-0.1, -0.05) is 0 Å². The first-order valence-corrected chi connectivity index (χ1v) is 13.0. The summed E-state index contributed by atoms with van der Waals surface area (Å²) < 4.78 is 0. The van der Waals surface area contributed by atoms with Crippen LogP contribution in [0.5, 0.6) is 0 Å². The Hall–Kier alpha value is -1.99. The monoisotopic (exact) mass is 492 g/mol. The predicted molar refractivity (Wildman–Crippen MR) is 122 cm³/mol. The van der Waals surface area contributed by atoms with Crippen molar-refractivity contribution in [3.63, 3.8) is 0 Å². The summed E-state index contributed by atoms with van der Waals surface area (Å²) in [6, 6.07) is -4.31. The molecule has 0 saturated carbocycles. The second-order valence-electron chi connectivity index (χ2n) is 7.42. The summed E-state index contributed by atoms with van der Waals surface area (Å²) in [6.45, 7) is 0.165. The number of thioether (sulfide) groups is 2. The van der Waals surface area contributed by atoms with E-state index >= 15 is 0 Å². The lowest BCUT2D eigenvalue weighted by Crippen LogP contribution is -2.57. The van der Waals surface area contributed by atoms with Crippen LogP contribution >= 0.6 is 23.5 Å². The van der Waals surface area contributed by atoms with E-state index in [1.54, 1.807) is 0 Å². The molecule has 0 aliphatic carbocycles. The Labute approximate surface area is 195 Å². The van der Waals surface area contributed by atoms with Crippen LogP contribution in [0.15, 0.2) is 0 Å². The Bertz CT molecular complexity index is 695. The van der Waals surface area contributed by atoms with Crippen molar-refractivity contribution >= 4 is 53.2 Å². The zero-order chi connectivity index (χ0) is 24.3. The van der Waals surface area contributed by atoms with Crippen molar-refractivity contribution in [3.8, 4) is 0 Å². The van der Waals surface area contributed by atoms with Gasteiger partial charge in [0, 0.05) is 6.54 Å². The van der Waals surface area contributed by atoms with Crippen LogP contribution in [0.4, 0.5) is 0 Å². The number of amides is 3. The van der Waals surface area contributed by atoms with Gasteiger partial charge in [0.1, 0.15) is 18.1 Å². The fourth-order valence-electron chi connectivity index (χ4n) is 3.29. The van der Waals surface area contributed by atoms with Gasteiger partial charge in [-0.15, -0.1) is 0 Å². The molecule has 1 saturated heterocycles. The van der Waals surface area contributed by atoms with Gasteiger partial charge in [-0.05, 0) is 49.7 Å². The second-order valence-corrected chi connectivity index (χ2v) is 9.39. The van der Waals surface area contributed by atoms with Crippen molar-refractivity contribution in [1.82, 2.24) is 15.5 Å². The van der Waals surface area contributed by atoms with E-state index < -0.39 is 60.2 Å². The van der Waals surface area contributed by atoms with Gasteiger partial charge in [-0.2, -0.15) is 23.5 Å². The van der Waals surface area contributed by atoms with Crippen LogP contribution in [0, 0.1) is 0 Å². The highest BCUT2D eigenvalue weighted by Gasteiger charge is 2.39. The molecule has 1 heterocycles. The number of carbonyl (C=O) groups excluding carboxylic acids is 3. The molecule has 4 atom stereocenters. The van der Waals surface area contributed by atoms with E-state index in [0.29, 0.717) is 24.3 Å². The molecule has 0 bridgehead atoms. The average Bonchev–Trinajstić information content (AvgIpc) is 3.23. The summed E-state index contributed by atoms with van der Waals surface area (Å²) in [5, 5.41) is 23.5. The normalized spacial score (nSPS) is 18.5. The molecule has 0 radical (unpaired) electrons. The quantitative estimate of drug-likeness (QED) is 0.209. The van der Waals surface area contributed by atoms with Crippen LogP contribution in [0.1, 0.15) is 32.1 Å². The first-order valence-electron chi connectivity index (χ1n) is 10.2. The molecular weight excluding hydrogens is 460 g/mol. The zero-order valence-electron chi connectivity index (χ0n) is 18.2. The molecule has 3 amide bonds. The van der Waals surface area contributed by atoms with E-state index in [1.807, 2.05) is 12.5 Å². The van der Waals surface area contributed by atoms with Gasteiger partial charge in [0.15, 0.2) is 0 Å². The van der Waals surface area contributed by atoms with Crippen molar-refractivity contribution in [1.29, 1.82) is 0 Å². The molecule has 0 aromatic heterocycles. The van der Waals surface area contributed by atoms with Gasteiger partial charge in [-0.25, -0.2) is 4.79 Å². The number of rotatable bonds is 14. The van der Waals surface area contributed by atoms with Crippen LogP contribution in [0.25, 0.3) is 0 Å². The Morgan fingerprint density at radius 2 is 1.59 bits per heavy atom. The molecule has 11 nitrogen and oxygen atoms in total.